The molecule has 5 nitrogen and oxygen atoms in total. The lowest BCUT2D eigenvalue weighted by Crippen LogP contribution is -2.49. The van der Waals surface area contributed by atoms with Crippen LogP contribution in [0, 0.1) is 0 Å². The molecule has 1 aromatic rings. The molecule has 3 fully saturated rings. The zero-order valence-corrected chi connectivity index (χ0v) is 17.2. The second-order valence-electron chi connectivity index (χ2n) is 8.50. The Morgan fingerprint density at radius 1 is 1.00 bits per heavy atom. The number of carbonyl (C=O) groups is 1. The van der Waals surface area contributed by atoms with Crippen molar-refractivity contribution in [2.24, 2.45) is 0 Å². The first-order valence-corrected chi connectivity index (χ1v) is 11.0. The summed E-state index contributed by atoms with van der Waals surface area (Å²) >= 11 is 0. The highest BCUT2D eigenvalue weighted by Crippen LogP contribution is 2.32. The highest BCUT2D eigenvalue weighted by atomic mass is 19.4. The summed E-state index contributed by atoms with van der Waals surface area (Å²) in [4.78, 5) is 18.0. The number of carbonyl (C=O) groups excluding carboxylic acids is 1. The number of nitrogens with zero attached hydrogens (tertiary/aromatic N) is 3. The summed E-state index contributed by atoms with van der Waals surface area (Å²) in [6.45, 7) is 4.87. The van der Waals surface area contributed by atoms with E-state index in [4.69, 9.17) is 4.74 Å². The number of piperidine rings is 1. The molecule has 0 unspecified atom stereocenters. The standard InChI is InChI=1S/C22H30F3N3O2/c23-22(24,25)21(29)28(18-8-14-30-15-9-18)20-5-3-4-19(16-20)27-12-6-17(7-13-27)26-10-1-2-11-26/h3-5,16-18H,1-2,6-15H2. The van der Waals surface area contributed by atoms with E-state index in [9.17, 15) is 18.0 Å². The molecule has 3 aliphatic rings. The molecule has 0 atom stereocenters. The van der Waals surface area contributed by atoms with Gasteiger partial charge in [-0.2, -0.15) is 13.2 Å². The van der Waals surface area contributed by atoms with Crippen LogP contribution in [0.5, 0.6) is 0 Å². The van der Waals surface area contributed by atoms with Crippen LogP contribution in [0.2, 0.25) is 0 Å². The highest BCUT2D eigenvalue weighted by molar-refractivity contribution is 5.98. The first kappa shape index (κ1) is 21.4. The van der Waals surface area contributed by atoms with Gasteiger partial charge >= 0.3 is 12.1 Å². The van der Waals surface area contributed by atoms with Crippen LogP contribution in [0.1, 0.15) is 38.5 Å². The maximum Gasteiger partial charge on any atom is 0.471 e. The first-order valence-electron chi connectivity index (χ1n) is 11.0. The SMILES string of the molecule is O=C(N(c1cccc(N2CCC(N3CCCC3)CC2)c1)C1CCOCC1)C(F)(F)F. The number of likely N-dealkylation sites (tertiary alicyclic amines) is 1. The van der Waals surface area contributed by atoms with E-state index in [1.54, 1.807) is 18.2 Å². The van der Waals surface area contributed by atoms with Crippen LogP contribution in [0.3, 0.4) is 0 Å². The van der Waals surface area contributed by atoms with E-state index >= 15 is 0 Å². The molecule has 0 N–H and O–H groups in total. The molecule has 8 heteroatoms. The number of benzene rings is 1. The summed E-state index contributed by atoms with van der Waals surface area (Å²) in [5.41, 5.74) is 1.21. The second kappa shape index (κ2) is 9.14. The van der Waals surface area contributed by atoms with Crippen LogP contribution < -0.4 is 9.80 Å². The molecule has 1 aromatic carbocycles. The number of ether oxygens (including phenoxy) is 1. The molecule has 3 aliphatic heterocycles. The molecule has 0 aliphatic carbocycles. The number of hydrogen-bond donors (Lipinski definition) is 0. The van der Waals surface area contributed by atoms with Crippen LogP contribution in [0.4, 0.5) is 24.5 Å². The molecule has 0 spiro atoms. The summed E-state index contributed by atoms with van der Waals surface area (Å²) in [7, 11) is 0. The van der Waals surface area contributed by atoms with Gasteiger partial charge in [-0.05, 0) is 69.8 Å². The number of hydrogen-bond acceptors (Lipinski definition) is 4. The summed E-state index contributed by atoms with van der Waals surface area (Å²) in [6.07, 6.45) is 0.600. The van der Waals surface area contributed by atoms with Gasteiger partial charge in [-0.25, -0.2) is 0 Å². The summed E-state index contributed by atoms with van der Waals surface area (Å²) < 4.78 is 45.3. The van der Waals surface area contributed by atoms with Crippen molar-refractivity contribution < 1.29 is 22.7 Å². The average Bonchev–Trinajstić information content (AvgIpc) is 3.29. The van der Waals surface area contributed by atoms with Gasteiger partial charge in [-0.1, -0.05) is 6.07 Å². The Labute approximate surface area is 175 Å². The summed E-state index contributed by atoms with van der Waals surface area (Å²) in [5.74, 6) is -1.79. The van der Waals surface area contributed by atoms with Gasteiger partial charge < -0.3 is 19.4 Å². The minimum Gasteiger partial charge on any atom is -0.381 e. The van der Waals surface area contributed by atoms with E-state index in [-0.39, 0.29) is 0 Å². The van der Waals surface area contributed by atoms with Crippen LogP contribution in [-0.4, -0.2) is 68.5 Å². The molecule has 0 saturated carbocycles. The van der Waals surface area contributed by atoms with Gasteiger partial charge in [0.15, 0.2) is 0 Å². The third kappa shape index (κ3) is 4.75. The topological polar surface area (TPSA) is 36.0 Å². The maximum absolute atomic E-state index is 13.3. The minimum atomic E-state index is -4.90. The van der Waals surface area contributed by atoms with E-state index in [1.165, 1.54) is 25.9 Å². The first-order chi connectivity index (χ1) is 14.4. The van der Waals surface area contributed by atoms with Crippen LogP contribution in [0.15, 0.2) is 24.3 Å². The lowest BCUT2D eigenvalue weighted by Gasteiger charge is -2.39. The second-order valence-corrected chi connectivity index (χ2v) is 8.50. The van der Waals surface area contributed by atoms with E-state index in [2.05, 4.69) is 9.80 Å². The molecule has 0 aromatic heterocycles. The fraction of sp³-hybridized carbons (Fsp3) is 0.682. The number of anilines is 2. The largest absolute Gasteiger partial charge is 0.471 e. The lowest BCUT2D eigenvalue weighted by molar-refractivity contribution is -0.171. The van der Waals surface area contributed by atoms with Crippen LogP contribution >= 0.6 is 0 Å². The molecule has 30 heavy (non-hydrogen) atoms. The van der Waals surface area contributed by atoms with Gasteiger partial charge in [0.25, 0.3) is 0 Å². The number of rotatable bonds is 4. The zero-order valence-electron chi connectivity index (χ0n) is 17.2. The fourth-order valence-electron chi connectivity index (χ4n) is 5.01. The normalized spacial score (nSPS) is 22.4. The van der Waals surface area contributed by atoms with Crippen molar-refractivity contribution in [1.29, 1.82) is 0 Å². The average molecular weight is 425 g/mol. The van der Waals surface area contributed by atoms with Gasteiger partial charge in [0.05, 0.1) is 0 Å². The molecular formula is C22H30F3N3O2. The van der Waals surface area contributed by atoms with Gasteiger partial charge in [0.2, 0.25) is 0 Å². The Morgan fingerprint density at radius 2 is 1.67 bits per heavy atom. The van der Waals surface area contributed by atoms with Gasteiger partial charge in [-0.15, -0.1) is 0 Å². The smallest absolute Gasteiger partial charge is 0.381 e. The van der Waals surface area contributed by atoms with Crippen molar-refractivity contribution >= 4 is 17.3 Å². The Kier molecular flexibility index (Phi) is 6.53. The predicted octanol–water partition coefficient (Wildman–Crippen LogP) is 3.83. The number of halogens is 3. The molecule has 0 bridgehead atoms. The Morgan fingerprint density at radius 3 is 2.30 bits per heavy atom. The van der Waals surface area contributed by atoms with Crippen molar-refractivity contribution in [3.63, 3.8) is 0 Å². The molecular weight excluding hydrogens is 395 g/mol. The van der Waals surface area contributed by atoms with Crippen LogP contribution in [-0.2, 0) is 9.53 Å². The molecule has 3 saturated heterocycles. The molecule has 0 radical (unpaired) electrons. The van der Waals surface area contributed by atoms with Gasteiger partial charge in [0, 0.05) is 49.8 Å². The van der Waals surface area contributed by atoms with E-state index < -0.39 is 18.1 Å². The monoisotopic (exact) mass is 425 g/mol. The van der Waals surface area contributed by atoms with E-state index in [0.29, 0.717) is 37.8 Å². The summed E-state index contributed by atoms with van der Waals surface area (Å²) in [5, 5.41) is 0. The van der Waals surface area contributed by atoms with Crippen molar-refractivity contribution in [2.45, 2.75) is 56.8 Å². The minimum absolute atomic E-state index is 0.323. The number of amides is 1. The molecule has 1 amide bonds. The molecule has 3 heterocycles. The zero-order chi connectivity index (χ0) is 21.1. The van der Waals surface area contributed by atoms with Crippen molar-refractivity contribution in [3.05, 3.63) is 24.3 Å². The lowest BCUT2D eigenvalue weighted by atomic mass is 10.0. The van der Waals surface area contributed by atoms with Crippen molar-refractivity contribution in [1.82, 2.24) is 4.90 Å². The van der Waals surface area contributed by atoms with Crippen molar-refractivity contribution in [3.8, 4) is 0 Å². The van der Waals surface area contributed by atoms with E-state index in [1.807, 2.05) is 6.07 Å². The predicted molar refractivity (Wildman–Crippen MR) is 110 cm³/mol. The highest BCUT2D eigenvalue weighted by Gasteiger charge is 2.45. The Bertz CT molecular complexity index is 723. The Balaban J connectivity index is 1.50. The third-order valence-electron chi connectivity index (χ3n) is 6.61. The van der Waals surface area contributed by atoms with E-state index in [0.717, 1.165) is 36.5 Å². The quantitative estimate of drug-likeness (QED) is 0.735. The fourth-order valence-corrected chi connectivity index (χ4v) is 5.01. The van der Waals surface area contributed by atoms with Crippen molar-refractivity contribution in [2.75, 3.05) is 49.2 Å². The Hall–Kier alpha value is -1.80. The summed E-state index contributed by atoms with van der Waals surface area (Å²) in [6, 6.07) is 7.16. The number of alkyl halides is 3. The maximum atomic E-state index is 13.3. The third-order valence-corrected chi connectivity index (χ3v) is 6.61. The molecule has 4 rings (SSSR count). The molecule has 166 valence electrons. The van der Waals surface area contributed by atoms with Gasteiger partial charge in [-0.3, -0.25) is 4.79 Å². The van der Waals surface area contributed by atoms with Gasteiger partial charge in [0.1, 0.15) is 0 Å². The van der Waals surface area contributed by atoms with Crippen LogP contribution in [0.25, 0.3) is 0 Å².